The minimum absolute atomic E-state index is 0.111. The molecule has 0 unspecified atom stereocenters. The molecule has 7 nitrogen and oxygen atoms in total. The lowest BCUT2D eigenvalue weighted by Crippen LogP contribution is -2.48. The van der Waals surface area contributed by atoms with Crippen molar-refractivity contribution in [3.8, 4) is 5.75 Å². The molecule has 0 aromatic heterocycles. The monoisotopic (exact) mass is 484 g/mol. The molecule has 4 aliphatic rings. The number of carbonyl (C=O) groups is 4. The summed E-state index contributed by atoms with van der Waals surface area (Å²) >= 11 is 0. The molecule has 0 bridgehead atoms. The molecule has 1 saturated carbocycles. The number of phenols is 1. The molecule has 2 aliphatic carbocycles. The van der Waals surface area contributed by atoms with Crippen molar-refractivity contribution in [2.24, 2.45) is 29.1 Å². The molecular weight excluding hydrogens is 456 g/mol. The highest BCUT2D eigenvalue weighted by molar-refractivity contribution is 6.24. The van der Waals surface area contributed by atoms with Gasteiger partial charge in [0.1, 0.15) is 5.75 Å². The van der Waals surface area contributed by atoms with Gasteiger partial charge in [0, 0.05) is 12.5 Å². The molecule has 36 heavy (non-hydrogen) atoms. The molecule has 0 spiro atoms. The van der Waals surface area contributed by atoms with Crippen molar-refractivity contribution in [1.29, 1.82) is 0 Å². The van der Waals surface area contributed by atoms with E-state index in [1.807, 2.05) is 19.1 Å². The SMILES string of the molecule is CCN1C(=O)[C@H]2[C@H](CC=C3[C@H]2C[C@H]2C(=O)N(c4ccccc4)C(=O)[C@@]2(C)[C@H]3c2ccc(O)cc2)C1=O. The summed E-state index contributed by atoms with van der Waals surface area (Å²) in [6.45, 7) is 3.99. The lowest BCUT2D eigenvalue weighted by atomic mass is 9.51. The maximum absolute atomic E-state index is 14.1. The van der Waals surface area contributed by atoms with Gasteiger partial charge in [-0.05, 0) is 62.4 Å². The summed E-state index contributed by atoms with van der Waals surface area (Å²) < 4.78 is 0. The van der Waals surface area contributed by atoms with Crippen LogP contribution in [-0.4, -0.2) is 40.2 Å². The van der Waals surface area contributed by atoms with Crippen molar-refractivity contribution in [3.63, 3.8) is 0 Å². The zero-order chi connectivity index (χ0) is 25.4. The Bertz CT molecular complexity index is 1320. The molecule has 2 saturated heterocycles. The maximum Gasteiger partial charge on any atom is 0.241 e. The number of amides is 4. The van der Waals surface area contributed by atoms with E-state index in [1.54, 1.807) is 55.5 Å². The maximum atomic E-state index is 14.1. The molecule has 2 heterocycles. The number of nitrogens with zero attached hydrogens (tertiary/aromatic N) is 2. The number of benzene rings is 2. The predicted molar refractivity (Wildman–Crippen MR) is 132 cm³/mol. The zero-order valence-corrected chi connectivity index (χ0v) is 20.3. The van der Waals surface area contributed by atoms with Crippen LogP contribution in [0.2, 0.25) is 0 Å². The molecule has 3 fully saturated rings. The smallest absolute Gasteiger partial charge is 0.241 e. The molecule has 4 amide bonds. The Kier molecular flexibility index (Phi) is 4.97. The third kappa shape index (κ3) is 2.85. The van der Waals surface area contributed by atoms with Crippen LogP contribution in [0.15, 0.2) is 66.2 Å². The van der Waals surface area contributed by atoms with Gasteiger partial charge in [0.2, 0.25) is 23.6 Å². The van der Waals surface area contributed by atoms with Gasteiger partial charge in [0.25, 0.3) is 0 Å². The highest BCUT2D eigenvalue weighted by Gasteiger charge is 2.67. The molecule has 0 radical (unpaired) electrons. The Morgan fingerprint density at radius 2 is 1.61 bits per heavy atom. The third-order valence-corrected chi connectivity index (χ3v) is 8.92. The first-order chi connectivity index (χ1) is 17.3. The molecule has 1 N–H and O–H groups in total. The van der Waals surface area contributed by atoms with Gasteiger partial charge in [-0.2, -0.15) is 0 Å². The van der Waals surface area contributed by atoms with Gasteiger partial charge in [-0.15, -0.1) is 0 Å². The van der Waals surface area contributed by atoms with E-state index in [1.165, 1.54) is 9.80 Å². The summed E-state index contributed by atoms with van der Waals surface area (Å²) in [5.74, 6) is -3.06. The van der Waals surface area contributed by atoms with E-state index in [9.17, 15) is 24.3 Å². The number of aromatic hydroxyl groups is 1. The van der Waals surface area contributed by atoms with Crippen molar-refractivity contribution in [3.05, 3.63) is 71.8 Å². The summed E-state index contributed by atoms with van der Waals surface area (Å²) in [6, 6.07) is 15.7. The topological polar surface area (TPSA) is 95.0 Å². The number of carbonyl (C=O) groups excluding carboxylic acids is 4. The normalized spacial score (nSPS) is 33.4. The Labute approximate surface area is 209 Å². The van der Waals surface area contributed by atoms with Crippen LogP contribution in [0.4, 0.5) is 5.69 Å². The molecule has 2 aromatic carbocycles. The van der Waals surface area contributed by atoms with Crippen LogP contribution < -0.4 is 4.90 Å². The van der Waals surface area contributed by atoms with Crippen LogP contribution in [0.5, 0.6) is 5.75 Å². The first-order valence-electron chi connectivity index (χ1n) is 12.6. The van der Waals surface area contributed by atoms with Crippen molar-refractivity contribution in [2.45, 2.75) is 32.6 Å². The standard InChI is InChI=1S/C29H28N2O5/c1-3-30-25(33)20-14-13-19-21(23(20)27(30)35)15-22-26(34)31(17-7-5-4-6-8-17)28(36)29(22,2)24(19)16-9-11-18(32)12-10-16/h4-13,20-24,32H,3,14-15H2,1-2H3/t20-,21+,22-,23-,24-,29+/m0/s1. The van der Waals surface area contributed by atoms with E-state index in [0.29, 0.717) is 25.1 Å². The van der Waals surface area contributed by atoms with Gasteiger partial charge >= 0.3 is 0 Å². The highest BCUT2D eigenvalue weighted by Crippen LogP contribution is 2.63. The van der Waals surface area contributed by atoms with Gasteiger partial charge in [-0.1, -0.05) is 42.0 Å². The number of phenolic OH excluding ortho intramolecular Hbond substituents is 1. The lowest BCUT2D eigenvalue weighted by Gasteiger charge is -2.49. The largest absolute Gasteiger partial charge is 0.508 e. The number of hydrogen-bond donors (Lipinski definition) is 1. The Morgan fingerprint density at radius 3 is 2.28 bits per heavy atom. The number of allylic oxidation sites excluding steroid dienone is 2. The molecule has 184 valence electrons. The molecule has 6 rings (SSSR count). The van der Waals surface area contributed by atoms with Crippen LogP contribution in [0.3, 0.4) is 0 Å². The van der Waals surface area contributed by atoms with E-state index >= 15 is 0 Å². The van der Waals surface area contributed by atoms with E-state index < -0.39 is 29.1 Å². The van der Waals surface area contributed by atoms with Crippen LogP contribution in [0, 0.1) is 29.1 Å². The third-order valence-electron chi connectivity index (χ3n) is 8.92. The number of imide groups is 2. The van der Waals surface area contributed by atoms with Crippen LogP contribution in [-0.2, 0) is 19.2 Å². The van der Waals surface area contributed by atoms with E-state index in [-0.39, 0.29) is 35.3 Å². The summed E-state index contributed by atoms with van der Waals surface area (Å²) in [4.78, 5) is 57.1. The summed E-state index contributed by atoms with van der Waals surface area (Å²) in [6.07, 6.45) is 2.83. The molecule has 6 atom stereocenters. The Hall–Kier alpha value is -3.74. The van der Waals surface area contributed by atoms with Crippen LogP contribution in [0.25, 0.3) is 0 Å². The van der Waals surface area contributed by atoms with E-state index in [0.717, 1.165) is 11.1 Å². The summed E-state index contributed by atoms with van der Waals surface area (Å²) in [5, 5.41) is 9.94. The highest BCUT2D eigenvalue weighted by atomic mass is 16.3. The average molecular weight is 485 g/mol. The van der Waals surface area contributed by atoms with Crippen molar-refractivity contribution >= 4 is 29.3 Å². The fourth-order valence-electron chi connectivity index (χ4n) is 7.26. The fourth-order valence-corrected chi connectivity index (χ4v) is 7.26. The van der Waals surface area contributed by atoms with Gasteiger partial charge in [-0.25, -0.2) is 4.90 Å². The number of hydrogen-bond acceptors (Lipinski definition) is 5. The second-order valence-electron chi connectivity index (χ2n) is 10.5. The van der Waals surface area contributed by atoms with Gasteiger partial charge in [0.05, 0.1) is 28.9 Å². The first-order valence-corrected chi connectivity index (χ1v) is 12.6. The van der Waals surface area contributed by atoms with Gasteiger partial charge < -0.3 is 5.11 Å². The quantitative estimate of drug-likeness (QED) is 0.530. The average Bonchev–Trinajstić information content (AvgIpc) is 3.24. The van der Waals surface area contributed by atoms with Crippen molar-refractivity contribution < 1.29 is 24.3 Å². The van der Waals surface area contributed by atoms with Crippen LogP contribution in [0.1, 0.15) is 38.2 Å². The number of rotatable bonds is 3. The second kappa shape index (κ2) is 7.88. The minimum Gasteiger partial charge on any atom is -0.508 e. The molecular formula is C29H28N2O5. The van der Waals surface area contributed by atoms with Gasteiger partial charge in [0.15, 0.2) is 0 Å². The Morgan fingerprint density at radius 1 is 0.917 bits per heavy atom. The Balaban J connectivity index is 1.52. The number of likely N-dealkylation sites (tertiary alicyclic amines) is 1. The van der Waals surface area contributed by atoms with Crippen molar-refractivity contribution in [1.82, 2.24) is 4.90 Å². The van der Waals surface area contributed by atoms with E-state index in [4.69, 9.17) is 0 Å². The van der Waals surface area contributed by atoms with E-state index in [2.05, 4.69) is 0 Å². The summed E-state index contributed by atoms with van der Waals surface area (Å²) in [7, 11) is 0. The molecule has 7 heteroatoms. The second-order valence-corrected chi connectivity index (χ2v) is 10.5. The van der Waals surface area contributed by atoms with Crippen LogP contribution >= 0.6 is 0 Å². The summed E-state index contributed by atoms with van der Waals surface area (Å²) in [5.41, 5.74) is 1.24. The van der Waals surface area contributed by atoms with Crippen molar-refractivity contribution in [2.75, 3.05) is 11.4 Å². The number of para-hydroxylation sites is 1. The number of fused-ring (bicyclic) bond motifs is 4. The molecule has 2 aromatic rings. The fraction of sp³-hybridized carbons (Fsp3) is 0.379. The minimum atomic E-state index is -1.06. The number of anilines is 1. The predicted octanol–water partition coefficient (Wildman–Crippen LogP) is 3.64. The first kappa shape index (κ1) is 22.7. The molecule has 2 aliphatic heterocycles. The lowest BCUT2D eigenvalue weighted by molar-refractivity contribution is -0.140. The van der Waals surface area contributed by atoms with Gasteiger partial charge in [-0.3, -0.25) is 24.1 Å². The zero-order valence-electron chi connectivity index (χ0n) is 20.3.